The van der Waals surface area contributed by atoms with Crippen molar-refractivity contribution in [2.45, 2.75) is 12.7 Å². The second kappa shape index (κ2) is 4.18. The molecule has 1 nitrogen and oxygen atoms in total. The fourth-order valence-electron chi connectivity index (χ4n) is 0.990. The zero-order chi connectivity index (χ0) is 10.8. The van der Waals surface area contributed by atoms with Crippen molar-refractivity contribution in [1.29, 1.82) is 0 Å². The summed E-state index contributed by atoms with van der Waals surface area (Å²) in [5.74, 6) is -1.27. The smallest absolute Gasteiger partial charge is 0.262 e. The van der Waals surface area contributed by atoms with Gasteiger partial charge in [-0.1, -0.05) is 18.9 Å². The molecule has 0 unspecified atom stereocenters. The van der Waals surface area contributed by atoms with E-state index >= 15 is 0 Å². The summed E-state index contributed by atoms with van der Waals surface area (Å²) in [4.78, 5) is 0. The molecule has 0 aliphatic heterocycles. The van der Waals surface area contributed by atoms with Gasteiger partial charge in [0.05, 0.1) is 5.56 Å². The van der Waals surface area contributed by atoms with E-state index in [0.29, 0.717) is 5.56 Å². The molecule has 1 aromatic carbocycles. The minimum Gasteiger partial charge on any atom is -0.262 e. The van der Waals surface area contributed by atoms with Gasteiger partial charge < -0.3 is 0 Å². The average Bonchev–Trinajstić information content (AvgIpc) is 2.02. The first-order valence-electron chi connectivity index (χ1n) is 3.67. The molecule has 1 aromatic rings. The molecule has 0 saturated heterocycles. The summed E-state index contributed by atoms with van der Waals surface area (Å²) >= 11 is 3.65. The zero-order valence-corrected chi connectivity index (χ0v) is 7.79. The number of alkyl halides is 3. The molecule has 0 radical (unpaired) electrons. The van der Waals surface area contributed by atoms with Crippen LogP contribution in [0, 0.1) is 5.82 Å². The molecule has 0 heterocycles. The third-order valence-electron chi connectivity index (χ3n) is 1.62. The van der Waals surface area contributed by atoms with Gasteiger partial charge in [-0.05, 0) is 17.7 Å². The standard InChI is InChI=1S/C8H7F4NS/c9-7-3-5(4-13-14)1-2-6(7)8(10,11)12/h1-3,13-14H,4H2. The topological polar surface area (TPSA) is 12.0 Å². The number of hydrogen-bond acceptors (Lipinski definition) is 2. The maximum absolute atomic E-state index is 12.9. The maximum atomic E-state index is 12.9. The highest BCUT2D eigenvalue weighted by Gasteiger charge is 2.33. The van der Waals surface area contributed by atoms with Crippen LogP contribution in [0.3, 0.4) is 0 Å². The highest BCUT2D eigenvalue weighted by atomic mass is 32.1. The molecule has 0 bridgehead atoms. The van der Waals surface area contributed by atoms with Crippen LogP contribution in [-0.4, -0.2) is 0 Å². The second-order valence-corrected chi connectivity index (χ2v) is 2.96. The molecule has 0 aliphatic carbocycles. The average molecular weight is 225 g/mol. The molecule has 0 fully saturated rings. The van der Waals surface area contributed by atoms with Crippen molar-refractivity contribution in [3.8, 4) is 0 Å². The van der Waals surface area contributed by atoms with Crippen LogP contribution >= 0.6 is 12.8 Å². The van der Waals surface area contributed by atoms with Crippen LogP contribution in [0.15, 0.2) is 18.2 Å². The lowest BCUT2D eigenvalue weighted by Gasteiger charge is -2.08. The second-order valence-electron chi connectivity index (χ2n) is 2.65. The predicted octanol–water partition coefficient (Wildman–Crippen LogP) is 2.78. The normalized spacial score (nSPS) is 11.8. The monoisotopic (exact) mass is 225 g/mol. The minimum absolute atomic E-state index is 0.207. The molecule has 0 aromatic heterocycles. The number of hydrogen-bond donors (Lipinski definition) is 2. The van der Waals surface area contributed by atoms with Gasteiger partial charge in [-0.2, -0.15) is 13.2 Å². The van der Waals surface area contributed by atoms with Gasteiger partial charge in [0.15, 0.2) is 0 Å². The first kappa shape index (κ1) is 11.3. The van der Waals surface area contributed by atoms with Crippen molar-refractivity contribution in [2.24, 2.45) is 0 Å². The van der Waals surface area contributed by atoms with E-state index in [2.05, 4.69) is 17.5 Å². The molecule has 0 amide bonds. The fourth-order valence-corrected chi connectivity index (χ4v) is 1.17. The zero-order valence-electron chi connectivity index (χ0n) is 6.90. The highest BCUT2D eigenvalue weighted by molar-refractivity contribution is 7.78. The number of thiol groups is 1. The van der Waals surface area contributed by atoms with E-state index in [1.54, 1.807) is 0 Å². The van der Waals surface area contributed by atoms with Crippen molar-refractivity contribution < 1.29 is 17.6 Å². The number of halogens is 4. The number of rotatable bonds is 2. The van der Waals surface area contributed by atoms with Gasteiger partial charge in [0, 0.05) is 6.54 Å². The Labute approximate surface area is 83.7 Å². The highest BCUT2D eigenvalue weighted by Crippen LogP contribution is 2.31. The Morgan fingerprint density at radius 2 is 1.93 bits per heavy atom. The Morgan fingerprint density at radius 3 is 2.36 bits per heavy atom. The minimum atomic E-state index is -4.64. The van der Waals surface area contributed by atoms with Gasteiger partial charge in [0.1, 0.15) is 5.82 Å². The van der Waals surface area contributed by atoms with Crippen molar-refractivity contribution in [2.75, 3.05) is 0 Å². The van der Waals surface area contributed by atoms with Crippen molar-refractivity contribution in [1.82, 2.24) is 4.72 Å². The van der Waals surface area contributed by atoms with Crippen molar-refractivity contribution >= 4 is 12.8 Å². The quantitative estimate of drug-likeness (QED) is 0.582. The number of nitrogens with one attached hydrogen (secondary N) is 1. The molecule has 0 spiro atoms. The van der Waals surface area contributed by atoms with Gasteiger partial charge >= 0.3 is 6.18 Å². The van der Waals surface area contributed by atoms with E-state index in [1.807, 2.05) is 0 Å². The SMILES string of the molecule is Fc1cc(CNS)ccc1C(F)(F)F. The molecular weight excluding hydrogens is 218 g/mol. The molecule has 78 valence electrons. The Morgan fingerprint density at radius 1 is 1.29 bits per heavy atom. The molecule has 0 aliphatic rings. The van der Waals surface area contributed by atoms with Gasteiger partial charge in [-0.3, -0.25) is 4.72 Å². The predicted molar refractivity (Wildman–Crippen MR) is 47.2 cm³/mol. The van der Waals surface area contributed by atoms with Crippen LogP contribution in [0.2, 0.25) is 0 Å². The van der Waals surface area contributed by atoms with Crippen LogP contribution in [0.4, 0.5) is 17.6 Å². The van der Waals surface area contributed by atoms with E-state index in [1.165, 1.54) is 6.07 Å². The van der Waals surface area contributed by atoms with E-state index in [0.717, 1.165) is 12.1 Å². The lowest BCUT2D eigenvalue weighted by atomic mass is 10.1. The van der Waals surface area contributed by atoms with Crippen LogP contribution in [0.25, 0.3) is 0 Å². The Balaban J connectivity index is 3.02. The molecule has 1 N–H and O–H groups in total. The first-order valence-corrected chi connectivity index (χ1v) is 4.12. The Kier molecular flexibility index (Phi) is 3.38. The lowest BCUT2D eigenvalue weighted by Crippen LogP contribution is -2.09. The van der Waals surface area contributed by atoms with Crippen LogP contribution in [0.5, 0.6) is 0 Å². The van der Waals surface area contributed by atoms with E-state index in [4.69, 9.17) is 0 Å². The molecule has 1 rings (SSSR count). The molecule has 0 atom stereocenters. The van der Waals surface area contributed by atoms with Crippen LogP contribution in [-0.2, 0) is 12.7 Å². The van der Waals surface area contributed by atoms with Crippen LogP contribution in [0.1, 0.15) is 11.1 Å². The number of benzene rings is 1. The molecule has 6 heteroatoms. The maximum Gasteiger partial charge on any atom is 0.419 e. The Bertz CT molecular complexity index is 324. The largest absolute Gasteiger partial charge is 0.419 e. The van der Waals surface area contributed by atoms with E-state index < -0.39 is 17.6 Å². The van der Waals surface area contributed by atoms with Gasteiger partial charge in [0.2, 0.25) is 0 Å². The van der Waals surface area contributed by atoms with Crippen molar-refractivity contribution in [3.05, 3.63) is 35.1 Å². The molecule has 0 saturated carbocycles. The summed E-state index contributed by atoms with van der Waals surface area (Å²) < 4.78 is 51.6. The van der Waals surface area contributed by atoms with E-state index in [9.17, 15) is 17.6 Å². The summed E-state index contributed by atoms with van der Waals surface area (Å²) in [6, 6.07) is 2.76. The summed E-state index contributed by atoms with van der Waals surface area (Å²) in [6.07, 6.45) is -4.64. The Hall–Kier alpha value is -0.750. The lowest BCUT2D eigenvalue weighted by molar-refractivity contribution is -0.140. The summed E-state index contributed by atoms with van der Waals surface area (Å²) in [5, 5.41) is 0. The van der Waals surface area contributed by atoms with Crippen LogP contribution < -0.4 is 4.72 Å². The third-order valence-corrected chi connectivity index (χ3v) is 1.78. The first-order chi connectivity index (χ1) is 6.45. The van der Waals surface area contributed by atoms with E-state index in [-0.39, 0.29) is 6.54 Å². The van der Waals surface area contributed by atoms with Gasteiger partial charge in [-0.25, -0.2) is 4.39 Å². The van der Waals surface area contributed by atoms with Gasteiger partial charge in [0.25, 0.3) is 0 Å². The third kappa shape index (κ3) is 2.62. The van der Waals surface area contributed by atoms with Gasteiger partial charge in [-0.15, -0.1) is 0 Å². The molecule has 14 heavy (non-hydrogen) atoms. The molecular formula is C8H7F4NS. The fraction of sp³-hybridized carbons (Fsp3) is 0.250. The summed E-state index contributed by atoms with van der Waals surface area (Å²) in [5.41, 5.74) is -0.842. The summed E-state index contributed by atoms with van der Waals surface area (Å²) in [7, 11) is 0. The summed E-state index contributed by atoms with van der Waals surface area (Å²) in [6.45, 7) is 0.207. The van der Waals surface area contributed by atoms with Crippen molar-refractivity contribution in [3.63, 3.8) is 0 Å².